The van der Waals surface area contributed by atoms with E-state index in [9.17, 15) is 9.90 Å². The van der Waals surface area contributed by atoms with Crippen LogP contribution >= 0.6 is 0 Å². The van der Waals surface area contributed by atoms with Crippen molar-refractivity contribution in [2.75, 3.05) is 6.61 Å². The van der Waals surface area contributed by atoms with Gasteiger partial charge in [0.15, 0.2) is 0 Å². The van der Waals surface area contributed by atoms with Crippen LogP contribution in [0.1, 0.15) is 48.0 Å². The van der Waals surface area contributed by atoms with Crippen LogP contribution in [0, 0.1) is 0 Å². The van der Waals surface area contributed by atoms with Crippen molar-refractivity contribution in [3.8, 4) is 0 Å². The zero-order valence-corrected chi connectivity index (χ0v) is 11.3. The molecular formula is C12H25NO3. The lowest BCUT2D eigenvalue weighted by Gasteiger charge is -2.35. The second-order valence-corrected chi connectivity index (χ2v) is 5.23. The Balaban J connectivity index is 4.72. The Morgan fingerprint density at radius 2 is 1.88 bits per heavy atom. The Morgan fingerprint density at radius 1 is 1.38 bits per heavy atom. The molecule has 0 fully saturated rings. The number of carbonyl (C=O) groups excluding carboxylic acids is 1. The van der Waals surface area contributed by atoms with Gasteiger partial charge in [0, 0.05) is 6.04 Å². The fraction of sp³-hybridized carbons (Fsp3) is 0.917. The first-order valence-corrected chi connectivity index (χ1v) is 5.85. The van der Waals surface area contributed by atoms with Gasteiger partial charge in [-0.05, 0) is 41.0 Å². The molecule has 0 bridgehead atoms. The van der Waals surface area contributed by atoms with E-state index in [-0.39, 0.29) is 24.8 Å². The molecule has 1 amide bonds. The molecule has 0 aromatic rings. The molecule has 0 spiro atoms. The summed E-state index contributed by atoms with van der Waals surface area (Å²) in [5.41, 5.74) is -0.502. The van der Waals surface area contributed by atoms with Crippen molar-refractivity contribution in [2.45, 2.75) is 65.6 Å². The summed E-state index contributed by atoms with van der Waals surface area (Å²) in [4.78, 5) is 13.6. The largest absolute Gasteiger partial charge is 0.444 e. The molecule has 0 aromatic carbocycles. The second-order valence-electron chi connectivity index (χ2n) is 5.23. The minimum Gasteiger partial charge on any atom is -0.444 e. The number of hydrogen-bond donors (Lipinski definition) is 1. The molecule has 0 aliphatic rings. The highest BCUT2D eigenvalue weighted by Crippen LogP contribution is 2.15. The van der Waals surface area contributed by atoms with Gasteiger partial charge in [0.05, 0.1) is 12.6 Å². The smallest absolute Gasteiger partial charge is 0.410 e. The van der Waals surface area contributed by atoms with Crippen LogP contribution in [-0.2, 0) is 4.74 Å². The molecule has 0 aliphatic carbocycles. The summed E-state index contributed by atoms with van der Waals surface area (Å²) >= 11 is 0. The molecule has 16 heavy (non-hydrogen) atoms. The van der Waals surface area contributed by atoms with Crippen LogP contribution < -0.4 is 0 Å². The van der Waals surface area contributed by atoms with Crippen LogP contribution in [0.5, 0.6) is 0 Å². The lowest BCUT2D eigenvalue weighted by molar-refractivity contribution is 0.000432. The average Bonchev–Trinajstić information content (AvgIpc) is 2.09. The van der Waals surface area contributed by atoms with E-state index in [1.54, 1.807) is 4.90 Å². The lowest BCUT2D eigenvalue weighted by Crippen LogP contribution is -2.48. The Labute approximate surface area is 98.6 Å². The van der Waals surface area contributed by atoms with Gasteiger partial charge in [-0.15, -0.1) is 0 Å². The first-order valence-electron chi connectivity index (χ1n) is 5.85. The van der Waals surface area contributed by atoms with E-state index >= 15 is 0 Å². The lowest BCUT2D eigenvalue weighted by atomic mass is 10.1. The molecule has 0 aromatic heterocycles. The van der Waals surface area contributed by atoms with Gasteiger partial charge in [0.25, 0.3) is 0 Å². The first kappa shape index (κ1) is 15.2. The monoisotopic (exact) mass is 231 g/mol. The zero-order chi connectivity index (χ0) is 12.9. The predicted molar refractivity (Wildman–Crippen MR) is 64.4 cm³/mol. The highest BCUT2D eigenvalue weighted by molar-refractivity contribution is 5.69. The topological polar surface area (TPSA) is 49.8 Å². The van der Waals surface area contributed by atoms with Crippen LogP contribution in [0.3, 0.4) is 0 Å². The minimum absolute atomic E-state index is 0.0203. The minimum atomic E-state index is -0.502. The third kappa shape index (κ3) is 4.84. The van der Waals surface area contributed by atoms with Crippen molar-refractivity contribution < 1.29 is 14.6 Å². The maximum absolute atomic E-state index is 12.0. The molecule has 0 rings (SSSR count). The molecule has 0 heterocycles. The van der Waals surface area contributed by atoms with E-state index in [1.165, 1.54) is 0 Å². The van der Waals surface area contributed by atoms with Gasteiger partial charge in [-0.3, -0.25) is 0 Å². The van der Waals surface area contributed by atoms with Crippen molar-refractivity contribution in [1.29, 1.82) is 0 Å². The Hall–Kier alpha value is -0.770. The molecule has 0 unspecified atom stereocenters. The van der Waals surface area contributed by atoms with Crippen molar-refractivity contribution in [3.05, 3.63) is 0 Å². The van der Waals surface area contributed by atoms with E-state index in [0.717, 1.165) is 0 Å². The van der Waals surface area contributed by atoms with E-state index < -0.39 is 5.60 Å². The molecule has 1 atom stereocenters. The normalized spacial score (nSPS) is 13.8. The third-order valence-corrected chi connectivity index (χ3v) is 2.24. The number of amides is 1. The quantitative estimate of drug-likeness (QED) is 0.808. The Bertz CT molecular complexity index is 217. The Kier molecular flexibility index (Phi) is 5.79. The molecule has 0 saturated carbocycles. The number of ether oxygens (including phenoxy) is 1. The van der Waals surface area contributed by atoms with E-state index in [0.29, 0.717) is 6.42 Å². The zero-order valence-electron chi connectivity index (χ0n) is 11.3. The van der Waals surface area contributed by atoms with Gasteiger partial charge in [0.1, 0.15) is 5.60 Å². The molecular weight excluding hydrogens is 206 g/mol. The van der Waals surface area contributed by atoms with Crippen LogP contribution in [0.25, 0.3) is 0 Å². The molecule has 4 heteroatoms. The van der Waals surface area contributed by atoms with Gasteiger partial charge in [0.2, 0.25) is 0 Å². The van der Waals surface area contributed by atoms with Crippen molar-refractivity contribution in [1.82, 2.24) is 4.90 Å². The predicted octanol–water partition coefficient (Wildman–Crippen LogP) is 2.40. The molecule has 0 radical (unpaired) electrons. The molecule has 0 saturated heterocycles. The molecule has 0 aliphatic heterocycles. The van der Waals surface area contributed by atoms with Gasteiger partial charge in [-0.25, -0.2) is 4.79 Å². The van der Waals surface area contributed by atoms with Crippen molar-refractivity contribution >= 4 is 6.09 Å². The van der Waals surface area contributed by atoms with Crippen LogP contribution in [0.15, 0.2) is 0 Å². The number of rotatable bonds is 4. The van der Waals surface area contributed by atoms with E-state index in [1.807, 2.05) is 41.5 Å². The van der Waals surface area contributed by atoms with Crippen LogP contribution in [0.4, 0.5) is 4.79 Å². The summed E-state index contributed by atoms with van der Waals surface area (Å²) in [7, 11) is 0. The SMILES string of the molecule is CC[C@@H](CO)N(C(=O)OC(C)(C)C)C(C)C. The van der Waals surface area contributed by atoms with E-state index in [4.69, 9.17) is 4.74 Å². The summed E-state index contributed by atoms with van der Waals surface area (Å²) in [6.45, 7) is 11.3. The fourth-order valence-corrected chi connectivity index (χ4v) is 1.51. The van der Waals surface area contributed by atoms with Gasteiger partial charge in [-0.2, -0.15) is 0 Å². The average molecular weight is 231 g/mol. The number of aliphatic hydroxyl groups excluding tert-OH is 1. The highest BCUT2D eigenvalue weighted by Gasteiger charge is 2.28. The van der Waals surface area contributed by atoms with Gasteiger partial charge >= 0.3 is 6.09 Å². The summed E-state index contributed by atoms with van der Waals surface area (Å²) in [6, 6.07) is -0.151. The number of aliphatic hydroxyl groups is 1. The Morgan fingerprint density at radius 3 is 2.12 bits per heavy atom. The maximum Gasteiger partial charge on any atom is 0.410 e. The number of hydrogen-bond acceptors (Lipinski definition) is 3. The molecule has 96 valence electrons. The number of carbonyl (C=O) groups is 1. The summed E-state index contributed by atoms with van der Waals surface area (Å²) in [6.07, 6.45) is 0.358. The number of nitrogens with zero attached hydrogens (tertiary/aromatic N) is 1. The summed E-state index contributed by atoms with van der Waals surface area (Å²) in [5.74, 6) is 0. The van der Waals surface area contributed by atoms with Gasteiger partial charge in [-0.1, -0.05) is 6.92 Å². The first-order chi connectivity index (χ1) is 7.22. The maximum atomic E-state index is 12.0. The molecule has 4 nitrogen and oxygen atoms in total. The van der Waals surface area contributed by atoms with Crippen molar-refractivity contribution in [2.24, 2.45) is 0 Å². The van der Waals surface area contributed by atoms with Crippen molar-refractivity contribution in [3.63, 3.8) is 0 Å². The summed E-state index contributed by atoms with van der Waals surface area (Å²) < 4.78 is 5.32. The second kappa shape index (κ2) is 6.09. The highest BCUT2D eigenvalue weighted by atomic mass is 16.6. The van der Waals surface area contributed by atoms with Crippen LogP contribution in [0.2, 0.25) is 0 Å². The van der Waals surface area contributed by atoms with Gasteiger partial charge < -0.3 is 14.7 Å². The van der Waals surface area contributed by atoms with Crippen LogP contribution in [-0.4, -0.2) is 40.4 Å². The standard InChI is InChI=1S/C12H25NO3/c1-7-10(8-14)13(9(2)3)11(15)16-12(4,5)6/h9-10,14H,7-8H2,1-6H3/t10-/m0/s1. The third-order valence-electron chi connectivity index (χ3n) is 2.24. The summed E-state index contributed by atoms with van der Waals surface area (Å²) in [5, 5.41) is 9.24. The van der Waals surface area contributed by atoms with E-state index in [2.05, 4.69) is 0 Å². The molecule has 1 N–H and O–H groups in total. The fourth-order valence-electron chi connectivity index (χ4n) is 1.51.